The highest BCUT2D eigenvalue weighted by Crippen LogP contribution is 2.72. The molecular formula is C18H20O. The van der Waals surface area contributed by atoms with Crippen molar-refractivity contribution in [2.45, 2.75) is 26.2 Å². The van der Waals surface area contributed by atoms with Crippen LogP contribution in [-0.4, -0.2) is 5.78 Å². The van der Waals surface area contributed by atoms with Crippen LogP contribution >= 0.6 is 0 Å². The highest BCUT2D eigenvalue weighted by Gasteiger charge is 2.68. The summed E-state index contributed by atoms with van der Waals surface area (Å²) in [6.45, 7) is 2.03. The van der Waals surface area contributed by atoms with E-state index in [-0.39, 0.29) is 11.3 Å². The number of carbonyl (C=O) groups excluding carboxylic acids is 1. The Labute approximate surface area is 114 Å². The van der Waals surface area contributed by atoms with Crippen molar-refractivity contribution < 1.29 is 4.79 Å². The Hall–Kier alpha value is -1.11. The van der Waals surface area contributed by atoms with E-state index in [4.69, 9.17) is 0 Å². The normalized spacial score (nSPS) is 56.3. The van der Waals surface area contributed by atoms with Gasteiger partial charge in [0.25, 0.3) is 0 Å². The van der Waals surface area contributed by atoms with Crippen LogP contribution in [0.2, 0.25) is 0 Å². The van der Waals surface area contributed by atoms with Crippen molar-refractivity contribution in [3.63, 3.8) is 0 Å². The van der Waals surface area contributed by atoms with Crippen molar-refractivity contribution in [2.75, 3.05) is 0 Å². The standard InChI is InChI=1S/C18H20O/c1-10-8-11-3-5-16(17(10)19)18-13-4-2-12(9-13)15(18)7-6-14(11)18/h3,5-8,11-16H,2,4,9H2,1H3/t11-,12+,13+,14-,15-,16+,18+/m1/s1. The topological polar surface area (TPSA) is 17.1 Å². The van der Waals surface area contributed by atoms with E-state index in [9.17, 15) is 4.79 Å². The Kier molecular flexibility index (Phi) is 1.76. The summed E-state index contributed by atoms with van der Waals surface area (Å²) in [6, 6.07) is 0. The molecule has 0 heterocycles. The van der Waals surface area contributed by atoms with Crippen LogP contribution in [0.1, 0.15) is 26.2 Å². The first-order valence-corrected chi connectivity index (χ1v) is 7.82. The highest BCUT2D eigenvalue weighted by atomic mass is 16.1. The van der Waals surface area contributed by atoms with E-state index in [1.807, 2.05) is 6.92 Å². The van der Waals surface area contributed by atoms with Gasteiger partial charge < -0.3 is 0 Å². The fourth-order valence-corrected chi connectivity index (χ4v) is 6.45. The fraction of sp³-hybridized carbons (Fsp3) is 0.611. The largest absolute Gasteiger partial charge is 0.294 e. The molecule has 7 atom stereocenters. The zero-order valence-corrected chi connectivity index (χ0v) is 11.4. The lowest BCUT2D eigenvalue weighted by molar-refractivity contribution is -0.125. The van der Waals surface area contributed by atoms with Gasteiger partial charge in [0.05, 0.1) is 0 Å². The highest BCUT2D eigenvalue weighted by molar-refractivity contribution is 5.99. The van der Waals surface area contributed by atoms with E-state index in [0.29, 0.717) is 23.5 Å². The van der Waals surface area contributed by atoms with E-state index in [2.05, 4.69) is 30.4 Å². The first-order chi connectivity index (χ1) is 9.23. The maximum Gasteiger partial charge on any atom is 0.165 e. The lowest BCUT2D eigenvalue weighted by Gasteiger charge is -2.50. The van der Waals surface area contributed by atoms with Gasteiger partial charge in [-0.3, -0.25) is 4.79 Å². The molecule has 0 N–H and O–H groups in total. The average Bonchev–Trinajstić information content (AvgIpc) is 3.05. The molecule has 1 heteroatoms. The molecule has 2 saturated carbocycles. The smallest absolute Gasteiger partial charge is 0.165 e. The fourth-order valence-electron chi connectivity index (χ4n) is 6.45. The van der Waals surface area contributed by atoms with Crippen LogP contribution in [0.4, 0.5) is 0 Å². The van der Waals surface area contributed by atoms with Gasteiger partial charge in [0.15, 0.2) is 5.78 Å². The average molecular weight is 252 g/mol. The third-order valence-electron chi connectivity index (χ3n) is 6.96. The van der Waals surface area contributed by atoms with Gasteiger partial charge >= 0.3 is 0 Å². The molecule has 4 bridgehead atoms. The van der Waals surface area contributed by atoms with Gasteiger partial charge in [0.1, 0.15) is 0 Å². The monoisotopic (exact) mass is 252 g/mol. The van der Waals surface area contributed by atoms with Crippen molar-refractivity contribution >= 4 is 5.78 Å². The lowest BCUT2D eigenvalue weighted by Crippen LogP contribution is -2.49. The molecule has 1 nitrogen and oxygen atoms in total. The van der Waals surface area contributed by atoms with Crippen LogP contribution in [-0.2, 0) is 4.79 Å². The summed E-state index contributed by atoms with van der Waals surface area (Å²) in [4.78, 5) is 12.8. The Bertz CT molecular complexity index is 566. The number of allylic oxidation sites excluding steroid dienone is 6. The summed E-state index contributed by atoms with van der Waals surface area (Å²) in [5, 5.41) is 0. The Morgan fingerprint density at radius 3 is 2.84 bits per heavy atom. The quantitative estimate of drug-likeness (QED) is 0.603. The summed E-state index contributed by atoms with van der Waals surface area (Å²) in [5.41, 5.74) is 1.28. The number of Topliss-reactive ketones (excluding diaryl/α,β-unsaturated/α-hetero) is 1. The number of hydrogen-bond acceptors (Lipinski definition) is 1. The van der Waals surface area contributed by atoms with Gasteiger partial charge in [0, 0.05) is 17.3 Å². The molecular weight excluding hydrogens is 232 g/mol. The van der Waals surface area contributed by atoms with E-state index < -0.39 is 0 Å². The minimum absolute atomic E-state index is 0.169. The Morgan fingerprint density at radius 2 is 1.95 bits per heavy atom. The van der Waals surface area contributed by atoms with Gasteiger partial charge in [-0.2, -0.15) is 0 Å². The number of rotatable bonds is 0. The Balaban J connectivity index is 1.76. The maximum atomic E-state index is 12.8. The second kappa shape index (κ2) is 3.13. The van der Waals surface area contributed by atoms with Crippen LogP contribution in [0.5, 0.6) is 0 Å². The van der Waals surface area contributed by atoms with E-state index in [1.165, 1.54) is 19.3 Å². The van der Waals surface area contributed by atoms with Gasteiger partial charge in [-0.15, -0.1) is 0 Å². The SMILES string of the molecule is CC1=C[C@H]2C=C[C@@H](C1=O)[C@]13[C@H]4CC[C@@H](C4)[C@H]1C=C[C@H]23. The molecule has 98 valence electrons. The molecule has 6 aliphatic rings. The summed E-state index contributed by atoms with van der Waals surface area (Å²) in [7, 11) is 0. The molecule has 0 aromatic rings. The van der Waals surface area contributed by atoms with Crippen molar-refractivity contribution in [1.29, 1.82) is 0 Å². The maximum absolute atomic E-state index is 12.8. The van der Waals surface area contributed by atoms with Crippen molar-refractivity contribution in [2.24, 2.45) is 40.9 Å². The first kappa shape index (κ1) is 10.7. The van der Waals surface area contributed by atoms with Gasteiger partial charge in [-0.05, 0) is 55.4 Å². The minimum atomic E-state index is 0.169. The molecule has 6 rings (SSSR count). The second-order valence-corrected chi connectivity index (χ2v) is 7.36. The third kappa shape index (κ3) is 0.978. The molecule has 0 aromatic carbocycles. The van der Waals surface area contributed by atoms with E-state index >= 15 is 0 Å². The predicted octanol–water partition coefficient (Wildman–Crippen LogP) is 3.54. The molecule has 0 amide bonds. The Morgan fingerprint density at radius 1 is 1.11 bits per heavy atom. The number of ketones is 1. The molecule has 0 aromatic heterocycles. The second-order valence-electron chi connectivity index (χ2n) is 7.36. The zero-order valence-electron chi connectivity index (χ0n) is 11.4. The van der Waals surface area contributed by atoms with Crippen molar-refractivity contribution in [3.8, 4) is 0 Å². The summed E-state index contributed by atoms with van der Waals surface area (Å²) >= 11 is 0. The number of fused-ring (bicyclic) bond motifs is 4. The van der Waals surface area contributed by atoms with Gasteiger partial charge in [-0.1, -0.05) is 30.4 Å². The molecule has 0 aliphatic heterocycles. The van der Waals surface area contributed by atoms with Crippen LogP contribution in [0.3, 0.4) is 0 Å². The van der Waals surface area contributed by atoms with E-state index in [1.54, 1.807) is 0 Å². The first-order valence-electron chi connectivity index (χ1n) is 7.82. The van der Waals surface area contributed by atoms with Crippen LogP contribution in [0, 0.1) is 40.9 Å². The number of carbonyl (C=O) groups is 1. The molecule has 1 spiro atoms. The van der Waals surface area contributed by atoms with Crippen LogP contribution in [0.25, 0.3) is 0 Å². The third-order valence-corrected chi connectivity index (χ3v) is 6.96. The van der Waals surface area contributed by atoms with Crippen LogP contribution < -0.4 is 0 Å². The predicted molar refractivity (Wildman–Crippen MR) is 74.3 cm³/mol. The van der Waals surface area contributed by atoms with Gasteiger partial charge in [0.2, 0.25) is 0 Å². The van der Waals surface area contributed by atoms with Crippen LogP contribution in [0.15, 0.2) is 36.0 Å². The molecule has 2 fully saturated rings. The van der Waals surface area contributed by atoms with Crippen molar-refractivity contribution in [1.82, 2.24) is 0 Å². The number of hydrogen-bond donors (Lipinski definition) is 0. The molecule has 6 aliphatic carbocycles. The summed E-state index contributed by atoms with van der Waals surface area (Å²) < 4.78 is 0. The van der Waals surface area contributed by atoms with Gasteiger partial charge in [-0.25, -0.2) is 0 Å². The van der Waals surface area contributed by atoms with E-state index in [0.717, 1.165) is 17.4 Å². The summed E-state index contributed by atoms with van der Waals surface area (Å²) in [5.74, 6) is 4.02. The lowest BCUT2D eigenvalue weighted by atomic mass is 9.52. The molecule has 19 heavy (non-hydrogen) atoms. The summed E-state index contributed by atoms with van der Waals surface area (Å²) in [6.07, 6.45) is 15.9. The molecule has 0 radical (unpaired) electrons. The molecule has 0 saturated heterocycles. The van der Waals surface area contributed by atoms with Crippen molar-refractivity contribution in [3.05, 3.63) is 36.0 Å². The zero-order chi connectivity index (χ0) is 12.8. The minimum Gasteiger partial charge on any atom is -0.294 e. The molecule has 0 unspecified atom stereocenters.